The fourth-order valence-electron chi connectivity index (χ4n) is 7.12. The maximum atomic E-state index is 14.1. The van der Waals surface area contributed by atoms with Crippen molar-refractivity contribution in [2.45, 2.75) is 55.1 Å². The molecule has 2 aromatic carbocycles. The molecule has 53 heavy (non-hydrogen) atoms. The van der Waals surface area contributed by atoms with Gasteiger partial charge in [-0.1, -0.05) is 31.2 Å². The second kappa shape index (κ2) is 15.0. The molecule has 2 amide bonds. The largest absolute Gasteiger partial charge is 0.416 e. The lowest BCUT2D eigenvalue weighted by Crippen LogP contribution is -2.44. The number of anilines is 3. The van der Waals surface area contributed by atoms with Crippen molar-refractivity contribution in [2.75, 3.05) is 56.9 Å². The average Bonchev–Trinajstić information content (AvgIpc) is 3.94. The average molecular weight is 749 g/mol. The van der Waals surface area contributed by atoms with Gasteiger partial charge in [-0.2, -0.15) is 18.2 Å². The quantitative estimate of drug-likeness (QED) is 0.253. The summed E-state index contributed by atoms with van der Waals surface area (Å²) in [5.74, 6) is 0.397. The number of carbonyl (C=O) groups excluding carboxylic acids is 2. The van der Waals surface area contributed by atoms with E-state index in [0.29, 0.717) is 78.1 Å². The Labute approximate surface area is 309 Å². The van der Waals surface area contributed by atoms with Crippen molar-refractivity contribution in [3.63, 3.8) is 0 Å². The minimum Gasteiger partial charge on any atom is -0.370 e. The van der Waals surface area contributed by atoms with E-state index in [2.05, 4.69) is 36.1 Å². The highest BCUT2D eigenvalue weighted by molar-refractivity contribution is 8.00. The van der Waals surface area contributed by atoms with E-state index in [1.54, 1.807) is 36.5 Å². The van der Waals surface area contributed by atoms with Gasteiger partial charge in [0, 0.05) is 74.9 Å². The molecule has 4 aliphatic rings. The summed E-state index contributed by atoms with van der Waals surface area (Å²) in [4.78, 5) is 40.4. The molecule has 3 heterocycles. The molecule has 0 radical (unpaired) electrons. The standard InChI is InChI=1S/C38H43F3N8O3S/c1-24-17-29(45-34(50)37(9-10-37)26-18-25(19-27(20-26)38(39,40)41)23-49-15-13-48(2)14-16-49)7-8-31(24)32-22-44-35-46-28-5-3-6-30(21-28)53(52)36(51)43-12-4-11-42-33(32)47-35/h3,5-8,17-22,24,31H,4,9-16,23H2,1-2H3,(H,43,51)(H,45,50)(H2,42,44,46,47). The number of nitrogens with one attached hydrogen (secondary N) is 4. The third kappa shape index (κ3) is 8.31. The molecule has 1 aromatic heterocycles. The first-order chi connectivity index (χ1) is 25.4. The molecule has 2 fully saturated rings. The van der Waals surface area contributed by atoms with Gasteiger partial charge in [0.1, 0.15) is 16.6 Å². The van der Waals surface area contributed by atoms with Gasteiger partial charge in [-0.3, -0.25) is 14.5 Å². The van der Waals surface area contributed by atoms with E-state index >= 15 is 0 Å². The van der Waals surface area contributed by atoms with E-state index in [4.69, 9.17) is 4.98 Å². The number of alkyl halides is 3. The Kier molecular flexibility index (Phi) is 10.4. The number of benzene rings is 2. The third-order valence-electron chi connectivity index (χ3n) is 10.4. The summed E-state index contributed by atoms with van der Waals surface area (Å²) in [7, 11) is 0.178. The van der Waals surface area contributed by atoms with Gasteiger partial charge in [0.2, 0.25) is 11.9 Å². The molecule has 7 rings (SSSR count). The molecule has 1 saturated carbocycles. The lowest BCUT2D eigenvalue weighted by Gasteiger charge is -2.32. The molecule has 2 aliphatic carbocycles. The summed E-state index contributed by atoms with van der Waals surface area (Å²) in [6.07, 6.45) is 4.49. The zero-order valence-electron chi connectivity index (χ0n) is 29.6. The van der Waals surface area contributed by atoms with E-state index in [9.17, 15) is 27.0 Å². The van der Waals surface area contributed by atoms with Crippen molar-refractivity contribution in [1.29, 1.82) is 0 Å². The van der Waals surface area contributed by atoms with Crippen LogP contribution in [0.25, 0.3) is 0 Å². The Bertz CT molecular complexity index is 1970. The van der Waals surface area contributed by atoms with E-state index in [0.717, 1.165) is 37.8 Å². The van der Waals surface area contributed by atoms with Crippen molar-refractivity contribution in [3.05, 3.63) is 94.8 Å². The van der Waals surface area contributed by atoms with Crippen LogP contribution in [-0.4, -0.2) is 81.4 Å². The first kappa shape index (κ1) is 36.7. The molecule has 1 saturated heterocycles. The number of hydrogen-bond donors (Lipinski definition) is 4. The van der Waals surface area contributed by atoms with Crippen molar-refractivity contribution in [3.8, 4) is 0 Å². The van der Waals surface area contributed by atoms with Gasteiger partial charge < -0.3 is 26.2 Å². The number of nitrogens with zero attached hydrogens (tertiary/aromatic N) is 4. The SMILES string of the molecule is CC1C=C(NC(=O)C2(c3cc(CN4CCN(C)CC4)cc(C(F)(F)F)c3)CC2)C=CC1c1cnc2nc1NCCCNC(=O)S(=O)c1cccc(c1)N2. The van der Waals surface area contributed by atoms with E-state index in [1.165, 1.54) is 6.07 Å². The molecular weight excluding hydrogens is 706 g/mol. The summed E-state index contributed by atoms with van der Waals surface area (Å²) in [6.45, 7) is 6.49. The predicted molar refractivity (Wildman–Crippen MR) is 197 cm³/mol. The molecule has 3 aromatic rings. The maximum absolute atomic E-state index is 14.1. The predicted octanol–water partition coefficient (Wildman–Crippen LogP) is 5.64. The number of rotatable bonds is 6. The number of piperazine rings is 1. The molecular formula is C38H43F3N8O3S. The Balaban J connectivity index is 1.08. The van der Waals surface area contributed by atoms with Crippen LogP contribution >= 0.6 is 0 Å². The van der Waals surface area contributed by atoms with Crippen LogP contribution in [-0.2, 0) is 33.7 Å². The van der Waals surface area contributed by atoms with Crippen LogP contribution in [0, 0.1) is 5.92 Å². The number of aromatic nitrogens is 2. The number of carbonyl (C=O) groups is 2. The Morgan fingerprint density at radius 1 is 1.08 bits per heavy atom. The van der Waals surface area contributed by atoms with Gasteiger partial charge in [0.15, 0.2) is 0 Å². The van der Waals surface area contributed by atoms with Gasteiger partial charge in [0.25, 0.3) is 0 Å². The van der Waals surface area contributed by atoms with Crippen LogP contribution in [0.15, 0.2) is 77.5 Å². The van der Waals surface area contributed by atoms with Gasteiger partial charge in [-0.25, -0.2) is 9.19 Å². The summed E-state index contributed by atoms with van der Waals surface area (Å²) >= 11 is 0. The lowest BCUT2D eigenvalue weighted by molar-refractivity contribution is -0.137. The molecule has 4 N–H and O–H groups in total. The molecule has 4 bridgehead atoms. The minimum atomic E-state index is -4.53. The summed E-state index contributed by atoms with van der Waals surface area (Å²) in [5.41, 5.74) is 1.24. The number of allylic oxidation sites excluding steroid dienone is 3. The first-order valence-corrected chi connectivity index (χ1v) is 19.0. The second-order valence-electron chi connectivity index (χ2n) is 14.3. The van der Waals surface area contributed by atoms with Crippen LogP contribution in [0.2, 0.25) is 0 Å². The van der Waals surface area contributed by atoms with Gasteiger partial charge in [-0.15, -0.1) is 0 Å². The molecule has 2 aliphatic heterocycles. The number of hydrogen-bond acceptors (Lipinski definition) is 9. The lowest BCUT2D eigenvalue weighted by atomic mass is 9.84. The van der Waals surface area contributed by atoms with Crippen LogP contribution < -0.4 is 21.3 Å². The fourth-order valence-corrected chi connectivity index (χ4v) is 8.00. The maximum Gasteiger partial charge on any atom is 0.416 e. The van der Waals surface area contributed by atoms with Crippen LogP contribution in [0.4, 0.5) is 35.4 Å². The monoisotopic (exact) mass is 748 g/mol. The Hall–Kier alpha value is -4.60. The third-order valence-corrected chi connectivity index (χ3v) is 11.5. The Morgan fingerprint density at radius 3 is 2.58 bits per heavy atom. The van der Waals surface area contributed by atoms with Crippen LogP contribution in [0.1, 0.15) is 54.4 Å². The van der Waals surface area contributed by atoms with Crippen molar-refractivity contribution in [2.24, 2.45) is 5.92 Å². The molecule has 15 heteroatoms. The highest BCUT2D eigenvalue weighted by Gasteiger charge is 2.52. The number of amides is 2. The highest BCUT2D eigenvalue weighted by Crippen LogP contribution is 2.50. The summed E-state index contributed by atoms with van der Waals surface area (Å²) in [6, 6.07) is 10.9. The van der Waals surface area contributed by atoms with E-state index in [1.807, 2.05) is 32.2 Å². The van der Waals surface area contributed by atoms with Crippen molar-refractivity contribution in [1.82, 2.24) is 30.4 Å². The zero-order valence-corrected chi connectivity index (χ0v) is 30.4. The highest BCUT2D eigenvalue weighted by atomic mass is 32.2. The Morgan fingerprint density at radius 2 is 1.85 bits per heavy atom. The molecule has 11 nitrogen and oxygen atoms in total. The normalized spacial score (nSPS) is 23.5. The smallest absolute Gasteiger partial charge is 0.370 e. The van der Waals surface area contributed by atoms with Gasteiger partial charge in [0.05, 0.1) is 15.9 Å². The van der Waals surface area contributed by atoms with Crippen LogP contribution in [0.5, 0.6) is 0 Å². The van der Waals surface area contributed by atoms with Gasteiger partial charge >= 0.3 is 11.4 Å². The first-order valence-electron chi connectivity index (χ1n) is 17.9. The van der Waals surface area contributed by atoms with E-state index in [-0.39, 0.29) is 17.7 Å². The molecule has 3 atom stereocenters. The van der Waals surface area contributed by atoms with Gasteiger partial charge in [-0.05, 0) is 79.8 Å². The molecule has 3 unspecified atom stereocenters. The fraction of sp³-hybridized carbons (Fsp3) is 0.421. The number of halogens is 3. The second-order valence-corrected chi connectivity index (χ2v) is 15.7. The molecule has 280 valence electrons. The molecule has 0 spiro atoms. The van der Waals surface area contributed by atoms with Crippen molar-refractivity contribution < 1.29 is 27.0 Å². The minimum absolute atomic E-state index is 0.0892. The topological polar surface area (TPSA) is 132 Å². The summed E-state index contributed by atoms with van der Waals surface area (Å²) < 4.78 is 55.0. The zero-order chi connectivity index (χ0) is 37.3. The number of likely N-dealkylation sites (N-methyl/N-ethyl adjacent to an activating group) is 1. The van der Waals surface area contributed by atoms with Crippen molar-refractivity contribution >= 4 is 39.4 Å². The summed E-state index contributed by atoms with van der Waals surface area (Å²) in [5, 5.41) is 11.7. The van der Waals surface area contributed by atoms with E-state index < -0.39 is 33.2 Å². The van der Waals surface area contributed by atoms with Crippen LogP contribution in [0.3, 0.4) is 0 Å². The number of fused-ring (bicyclic) bond motifs is 4.